The molecule has 0 saturated carbocycles. The molecule has 2 aromatic rings. The lowest BCUT2D eigenvalue weighted by Gasteiger charge is -2.26. The lowest BCUT2D eigenvalue weighted by molar-refractivity contribution is 0.0730. The zero-order valence-electron chi connectivity index (χ0n) is 15.5. The molecule has 1 saturated heterocycles. The smallest absolute Gasteiger partial charge is 0.253 e. The Morgan fingerprint density at radius 3 is 2.39 bits per heavy atom. The molecule has 1 aliphatic rings. The van der Waals surface area contributed by atoms with Crippen LogP contribution in [-0.4, -0.2) is 56.3 Å². The van der Waals surface area contributed by atoms with Gasteiger partial charge in [-0.2, -0.15) is 4.31 Å². The van der Waals surface area contributed by atoms with Gasteiger partial charge in [0.05, 0.1) is 19.0 Å². The number of morpholine rings is 1. The lowest BCUT2D eigenvalue weighted by atomic mass is 10.1. The number of nitrogens with one attached hydrogen (secondary N) is 2. The van der Waals surface area contributed by atoms with Gasteiger partial charge >= 0.3 is 0 Å². The standard InChI is InChI=1S/C18H24N4O5S/c23-17-15(16(18(17)24)21-14-4-7-19-8-5-14)20-6-2-1-3-13-28(25,26)22-9-11-27-12-10-22/h4-5,7-8,20H,1-3,6,9-13H2,(H,19,21). The van der Waals surface area contributed by atoms with Gasteiger partial charge in [-0.1, -0.05) is 6.42 Å². The second-order valence-electron chi connectivity index (χ2n) is 6.58. The first-order valence-electron chi connectivity index (χ1n) is 9.29. The van der Waals surface area contributed by atoms with E-state index in [2.05, 4.69) is 15.6 Å². The number of aromatic nitrogens is 1. The van der Waals surface area contributed by atoms with Crippen molar-refractivity contribution in [3.05, 3.63) is 45.0 Å². The average Bonchev–Trinajstić information content (AvgIpc) is 2.73. The molecule has 0 bridgehead atoms. The van der Waals surface area contributed by atoms with Gasteiger partial charge in [0.1, 0.15) is 11.4 Å². The fourth-order valence-corrected chi connectivity index (χ4v) is 4.55. The molecule has 1 fully saturated rings. The number of rotatable bonds is 10. The molecular formula is C18H24N4O5S. The van der Waals surface area contributed by atoms with Crippen molar-refractivity contribution in [3.8, 4) is 0 Å². The third-order valence-corrected chi connectivity index (χ3v) is 6.56. The van der Waals surface area contributed by atoms with Gasteiger partial charge in [-0.25, -0.2) is 8.42 Å². The minimum absolute atomic E-state index is 0.113. The summed E-state index contributed by atoms with van der Waals surface area (Å²) in [5, 5.41) is 5.91. The number of ether oxygens (including phenoxy) is 1. The summed E-state index contributed by atoms with van der Waals surface area (Å²) in [7, 11) is -3.23. The number of sulfonamides is 1. The monoisotopic (exact) mass is 408 g/mol. The highest BCUT2D eigenvalue weighted by molar-refractivity contribution is 7.89. The SMILES string of the molecule is O=c1c(NCCCCCS(=O)(=O)N2CCOCC2)c(Nc2ccncc2)c1=O. The van der Waals surface area contributed by atoms with E-state index >= 15 is 0 Å². The maximum atomic E-state index is 12.2. The van der Waals surface area contributed by atoms with E-state index in [9.17, 15) is 18.0 Å². The molecule has 0 spiro atoms. The van der Waals surface area contributed by atoms with Crippen molar-refractivity contribution in [1.82, 2.24) is 9.29 Å². The van der Waals surface area contributed by atoms with E-state index in [1.165, 1.54) is 4.31 Å². The third kappa shape index (κ3) is 4.94. The highest BCUT2D eigenvalue weighted by Gasteiger charge is 2.23. The minimum atomic E-state index is -3.23. The number of hydrogen-bond acceptors (Lipinski definition) is 8. The summed E-state index contributed by atoms with van der Waals surface area (Å²) in [5.41, 5.74) is 0.134. The quantitative estimate of drug-likeness (QED) is 0.435. The zero-order valence-corrected chi connectivity index (χ0v) is 16.3. The first-order valence-corrected chi connectivity index (χ1v) is 10.9. The van der Waals surface area contributed by atoms with Crippen LogP contribution in [0, 0.1) is 0 Å². The van der Waals surface area contributed by atoms with Crippen LogP contribution in [0.2, 0.25) is 0 Å². The highest BCUT2D eigenvalue weighted by atomic mass is 32.2. The maximum Gasteiger partial charge on any atom is 0.253 e. The number of hydrogen-bond donors (Lipinski definition) is 2. The summed E-state index contributed by atoms with van der Waals surface area (Å²) < 4.78 is 31.1. The molecule has 0 atom stereocenters. The van der Waals surface area contributed by atoms with Crippen LogP contribution >= 0.6 is 0 Å². The molecule has 2 N–H and O–H groups in total. The summed E-state index contributed by atoms with van der Waals surface area (Å²) in [4.78, 5) is 27.4. The first-order chi connectivity index (χ1) is 13.5. The summed E-state index contributed by atoms with van der Waals surface area (Å²) in [6.07, 6.45) is 5.14. The fourth-order valence-electron chi connectivity index (χ4n) is 3.01. The van der Waals surface area contributed by atoms with E-state index in [1.54, 1.807) is 24.5 Å². The van der Waals surface area contributed by atoms with Gasteiger partial charge in [0.2, 0.25) is 10.0 Å². The van der Waals surface area contributed by atoms with Crippen LogP contribution in [0.4, 0.5) is 17.1 Å². The Kier molecular flexibility index (Phi) is 6.76. The van der Waals surface area contributed by atoms with E-state index in [4.69, 9.17) is 4.74 Å². The van der Waals surface area contributed by atoms with E-state index < -0.39 is 20.9 Å². The Balaban J connectivity index is 1.41. The van der Waals surface area contributed by atoms with Gasteiger partial charge in [-0.05, 0) is 25.0 Å². The minimum Gasteiger partial charge on any atom is -0.380 e. The molecule has 0 unspecified atom stereocenters. The fraction of sp³-hybridized carbons (Fsp3) is 0.500. The Hall–Kier alpha value is -2.30. The highest BCUT2D eigenvalue weighted by Crippen LogP contribution is 2.20. The van der Waals surface area contributed by atoms with Crippen LogP contribution in [0.3, 0.4) is 0 Å². The predicted molar refractivity (Wildman–Crippen MR) is 107 cm³/mol. The topological polar surface area (TPSA) is 118 Å². The summed E-state index contributed by atoms with van der Waals surface area (Å²) >= 11 is 0. The molecule has 1 aromatic heterocycles. The van der Waals surface area contributed by atoms with E-state index in [1.807, 2.05) is 0 Å². The van der Waals surface area contributed by atoms with Crippen LogP contribution in [-0.2, 0) is 14.8 Å². The molecule has 152 valence electrons. The summed E-state index contributed by atoms with van der Waals surface area (Å²) in [5.74, 6) is 0.113. The van der Waals surface area contributed by atoms with Crippen LogP contribution in [0.1, 0.15) is 19.3 Å². The van der Waals surface area contributed by atoms with Crippen molar-refractivity contribution in [2.24, 2.45) is 0 Å². The molecule has 1 aromatic carbocycles. The summed E-state index contributed by atoms with van der Waals surface area (Å²) in [6, 6.07) is 3.41. The van der Waals surface area contributed by atoms with Gasteiger partial charge < -0.3 is 15.4 Å². The second-order valence-corrected chi connectivity index (χ2v) is 8.67. The van der Waals surface area contributed by atoms with Crippen LogP contribution in [0.15, 0.2) is 34.1 Å². The Bertz CT molecular complexity index is 948. The molecule has 28 heavy (non-hydrogen) atoms. The number of anilines is 3. The zero-order chi connectivity index (χ0) is 20.0. The lowest BCUT2D eigenvalue weighted by Crippen LogP contribution is -2.41. The molecule has 3 rings (SSSR count). The Morgan fingerprint density at radius 1 is 1.00 bits per heavy atom. The van der Waals surface area contributed by atoms with Crippen LogP contribution in [0.5, 0.6) is 0 Å². The van der Waals surface area contributed by atoms with Gasteiger partial charge in [0, 0.05) is 37.7 Å². The molecular weight excluding hydrogens is 384 g/mol. The molecule has 0 amide bonds. The van der Waals surface area contributed by atoms with E-state index in [0.29, 0.717) is 57.8 Å². The average molecular weight is 408 g/mol. The van der Waals surface area contributed by atoms with Gasteiger partial charge in [0.25, 0.3) is 10.9 Å². The van der Waals surface area contributed by atoms with Crippen molar-refractivity contribution in [2.45, 2.75) is 19.3 Å². The van der Waals surface area contributed by atoms with Gasteiger partial charge in [0.15, 0.2) is 0 Å². The number of nitrogens with zero attached hydrogens (tertiary/aromatic N) is 2. The van der Waals surface area contributed by atoms with Crippen molar-refractivity contribution >= 4 is 27.1 Å². The van der Waals surface area contributed by atoms with Gasteiger partial charge in [-0.3, -0.25) is 14.6 Å². The molecule has 10 heteroatoms. The molecule has 0 aliphatic carbocycles. The molecule has 9 nitrogen and oxygen atoms in total. The van der Waals surface area contributed by atoms with Crippen molar-refractivity contribution in [1.29, 1.82) is 0 Å². The van der Waals surface area contributed by atoms with Crippen molar-refractivity contribution in [3.63, 3.8) is 0 Å². The summed E-state index contributed by atoms with van der Waals surface area (Å²) in [6.45, 7) is 2.22. The second kappa shape index (κ2) is 9.26. The molecule has 2 heterocycles. The third-order valence-electron chi connectivity index (χ3n) is 4.60. The maximum absolute atomic E-state index is 12.2. The first kappa shape index (κ1) is 20.4. The van der Waals surface area contributed by atoms with Crippen LogP contribution in [0.25, 0.3) is 0 Å². The normalized spacial score (nSPS) is 15.6. The van der Waals surface area contributed by atoms with Crippen molar-refractivity contribution in [2.75, 3.05) is 49.2 Å². The largest absolute Gasteiger partial charge is 0.380 e. The number of pyridine rings is 1. The molecule has 1 aliphatic heterocycles. The van der Waals surface area contributed by atoms with E-state index in [0.717, 1.165) is 0 Å². The predicted octanol–water partition coefficient (Wildman–Crippen LogP) is 0.665. The Morgan fingerprint density at radius 2 is 1.68 bits per heavy atom. The van der Waals surface area contributed by atoms with Crippen LogP contribution < -0.4 is 21.5 Å². The number of unbranched alkanes of at least 4 members (excludes halogenated alkanes) is 2. The van der Waals surface area contributed by atoms with E-state index in [-0.39, 0.29) is 17.1 Å². The van der Waals surface area contributed by atoms with Crippen molar-refractivity contribution < 1.29 is 13.2 Å². The van der Waals surface area contributed by atoms with Gasteiger partial charge in [-0.15, -0.1) is 0 Å². The Labute approximate surface area is 163 Å². The molecule has 0 radical (unpaired) electrons.